The fourth-order valence-corrected chi connectivity index (χ4v) is 7.23. The van der Waals surface area contributed by atoms with E-state index in [0.717, 1.165) is 24.2 Å². The molecule has 2 fully saturated rings. The molecule has 0 spiro atoms. The van der Waals surface area contributed by atoms with Gasteiger partial charge in [0.1, 0.15) is 0 Å². The number of hydrogen-bond acceptors (Lipinski definition) is 6. The van der Waals surface area contributed by atoms with E-state index in [-0.39, 0.29) is 0 Å². The van der Waals surface area contributed by atoms with Crippen molar-refractivity contribution in [2.24, 2.45) is 0 Å². The second kappa shape index (κ2) is 10.4. The first kappa shape index (κ1) is 25.3. The minimum atomic E-state index is -3.45. The second-order valence-corrected chi connectivity index (χ2v) is 13.0. The zero-order chi connectivity index (χ0) is 24.3. The highest BCUT2D eigenvalue weighted by Crippen LogP contribution is 2.20. The van der Waals surface area contributed by atoms with Crippen LogP contribution in [0, 0.1) is 13.8 Å². The van der Waals surface area contributed by atoms with Crippen molar-refractivity contribution in [3.05, 3.63) is 59.7 Å². The van der Waals surface area contributed by atoms with Gasteiger partial charge in [0.15, 0.2) is 0 Å². The van der Waals surface area contributed by atoms with Gasteiger partial charge in [0.2, 0.25) is 20.0 Å². The topological polar surface area (TPSA) is 81.2 Å². The molecule has 10 heteroatoms. The molecular formula is C24H34N4O4S2. The summed E-state index contributed by atoms with van der Waals surface area (Å²) in [5.41, 5.74) is 2.08. The average molecular weight is 507 g/mol. The van der Waals surface area contributed by atoms with Gasteiger partial charge < -0.3 is 0 Å². The number of nitrogens with zero attached hydrogens (tertiary/aromatic N) is 4. The number of hydrogen-bond donors (Lipinski definition) is 0. The van der Waals surface area contributed by atoms with Crippen LogP contribution in [0.1, 0.15) is 11.1 Å². The van der Waals surface area contributed by atoms with Crippen molar-refractivity contribution in [1.29, 1.82) is 0 Å². The summed E-state index contributed by atoms with van der Waals surface area (Å²) in [7, 11) is -6.90. The Morgan fingerprint density at radius 2 is 0.824 bits per heavy atom. The number of sulfonamides is 2. The fraction of sp³-hybridized carbons (Fsp3) is 0.500. The third kappa shape index (κ3) is 5.69. The van der Waals surface area contributed by atoms with Crippen LogP contribution in [0.4, 0.5) is 0 Å². The van der Waals surface area contributed by atoms with Crippen LogP contribution in [0.5, 0.6) is 0 Å². The molecular weight excluding hydrogens is 472 g/mol. The molecule has 2 saturated heterocycles. The van der Waals surface area contributed by atoms with Gasteiger partial charge in [0.25, 0.3) is 0 Å². The van der Waals surface area contributed by atoms with Crippen molar-refractivity contribution in [2.75, 3.05) is 65.4 Å². The molecule has 2 aliphatic rings. The maximum atomic E-state index is 12.9. The predicted molar refractivity (Wildman–Crippen MR) is 133 cm³/mol. The van der Waals surface area contributed by atoms with Crippen molar-refractivity contribution in [2.45, 2.75) is 23.6 Å². The lowest BCUT2D eigenvalue weighted by Crippen LogP contribution is -2.52. The van der Waals surface area contributed by atoms with Gasteiger partial charge in [0.05, 0.1) is 9.79 Å². The molecule has 0 N–H and O–H groups in total. The smallest absolute Gasteiger partial charge is 0.243 e. The van der Waals surface area contributed by atoms with E-state index in [1.807, 2.05) is 38.1 Å². The van der Waals surface area contributed by atoms with E-state index >= 15 is 0 Å². The second-order valence-electron chi connectivity index (χ2n) is 9.12. The summed E-state index contributed by atoms with van der Waals surface area (Å²) in [4.78, 5) is 5.28. The first-order valence-corrected chi connectivity index (χ1v) is 14.6. The summed E-state index contributed by atoms with van der Waals surface area (Å²) < 4.78 is 54.7. The van der Waals surface area contributed by atoms with E-state index in [2.05, 4.69) is 9.80 Å². The summed E-state index contributed by atoms with van der Waals surface area (Å²) in [5.74, 6) is 0. The van der Waals surface area contributed by atoms with Crippen LogP contribution in [0.25, 0.3) is 0 Å². The Morgan fingerprint density at radius 3 is 1.12 bits per heavy atom. The van der Waals surface area contributed by atoms with E-state index < -0.39 is 20.0 Å². The Hall–Kier alpha value is -1.82. The van der Waals surface area contributed by atoms with Gasteiger partial charge in [-0.2, -0.15) is 8.61 Å². The molecule has 8 nitrogen and oxygen atoms in total. The van der Waals surface area contributed by atoms with Crippen LogP contribution in [0.15, 0.2) is 58.3 Å². The summed E-state index contributed by atoms with van der Waals surface area (Å²) in [6.45, 7) is 10.3. The summed E-state index contributed by atoms with van der Waals surface area (Å²) in [5, 5.41) is 0. The number of piperazine rings is 2. The molecule has 2 aliphatic heterocycles. The molecule has 0 aromatic heterocycles. The van der Waals surface area contributed by atoms with Gasteiger partial charge in [-0.05, 0) is 38.1 Å². The lowest BCUT2D eigenvalue weighted by atomic mass is 10.2. The molecule has 186 valence electrons. The summed E-state index contributed by atoms with van der Waals surface area (Å²) in [6.07, 6.45) is 0. The van der Waals surface area contributed by atoms with Crippen LogP contribution in [0.3, 0.4) is 0 Å². The van der Waals surface area contributed by atoms with Gasteiger partial charge in [-0.1, -0.05) is 35.4 Å². The Bertz CT molecular complexity index is 1070. The monoisotopic (exact) mass is 506 g/mol. The first-order valence-electron chi connectivity index (χ1n) is 11.7. The number of aryl methyl sites for hydroxylation is 2. The van der Waals surface area contributed by atoms with Crippen LogP contribution in [0.2, 0.25) is 0 Å². The number of rotatable bonds is 7. The molecule has 0 atom stereocenters. The summed E-state index contributed by atoms with van der Waals surface area (Å²) in [6, 6.07) is 14.0. The van der Waals surface area contributed by atoms with Crippen molar-refractivity contribution in [1.82, 2.24) is 18.4 Å². The fourth-order valence-electron chi connectivity index (χ4n) is 4.39. The Kier molecular flexibility index (Phi) is 7.75. The Morgan fingerprint density at radius 1 is 0.529 bits per heavy atom. The third-order valence-corrected chi connectivity index (χ3v) is 10.5. The summed E-state index contributed by atoms with van der Waals surface area (Å²) >= 11 is 0. The van der Waals surface area contributed by atoms with Crippen molar-refractivity contribution in [3.8, 4) is 0 Å². The molecule has 2 heterocycles. The SMILES string of the molecule is Cc1ccc(S(=O)(=O)N2CCN(CCN3CCN(S(=O)(=O)c4ccc(C)cc4)CC3)CC2)cc1. The molecule has 4 rings (SSSR count). The Labute approximate surface area is 203 Å². The highest BCUT2D eigenvalue weighted by molar-refractivity contribution is 7.89. The third-order valence-electron chi connectivity index (χ3n) is 6.71. The normalized spacial score (nSPS) is 19.9. The van der Waals surface area contributed by atoms with Gasteiger partial charge in [-0.25, -0.2) is 16.8 Å². The van der Waals surface area contributed by atoms with Gasteiger partial charge in [0, 0.05) is 65.4 Å². The minimum Gasteiger partial charge on any atom is -0.299 e. The van der Waals surface area contributed by atoms with Crippen LogP contribution >= 0.6 is 0 Å². The molecule has 2 aromatic rings. The maximum Gasteiger partial charge on any atom is 0.243 e. The van der Waals surface area contributed by atoms with Crippen LogP contribution < -0.4 is 0 Å². The van der Waals surface area contributed by atoms with Gasteiger partial charge >= 0.3 is 0 Å². The standard InChI is InChI=1S/C24H34N4O4S2/c1-21-3-7-23(8-4-21)33(29,30)27-17-13-25(14-18-27)11-12-26-15-19-28(20-16-26)34(31,32)24-9-5-22(2)6-10-24/h3-10H,11-20H2,1-2H3. The van der Waals surface area contributed by atoms with Gasteiger partial charge in [-0.3, -0.25) is 9.80 Å². The zero-order valence-electron chi connectivity index (χ0n) is 19.9. The number of benzene rings is 2. The molecule has 2 aromatic carbocycles. The maximum absolute atomic E-state index is 12.9. The highest BCUT2D eigenvalue weighted by Gasteiger charge is 2.30. The van der Waals surface area contributed by atoms with Crippen molar-refractivity contribution < 1.29 is 16.8 Å². The van der Waals surface area contributed by atoms with E-state index in [4.69, 9.17) is 0 Å². The molecule has 0 bridgehead atoms. The van der Waals surface area contributed by atoms with E-state index in [0.29, 0.717) is 62.1 Å². The van der Waals surface area contributed by atoms with Crippen LogP contribution in [-0.2, 0) is 20.0 Å². The molecule has 0 radical (unpaired) electrons. The largest absolute Gasteiger partial charge is 0.299 e. The van der Waals surface area contributed by atoms with Gasteiger partial charge in [-0.15, -0.1) is 0 Å². The lowest BCUT2D eigenvalue weighted by molar-refractivity contribution is 0.137. The average Bonchev–Trinajstić information content (AvgIpc) is 2.84. The van der Waals surface area contributed by atoms with Crippen LogP contribution in [-0.4, -0.2) is 101 Å². The molecule has 0 aliphatic carbocycles. The van der Waals surface area contributed by atoms with E-state index in [1.54, 1.807) is 32.9 Å². The minimum absolute atomic E-state index is 0.352. The molecule has 0 amide bonds. The predicted octanol–water partition coefficient (Wildman–Crippen LogP) is 1.62. The molecule has 0 saturated carbocycles. The van der Waals surface area contributed by atoms with Crippen molar-refractivity contribution >= 4 is 20.0 Å². The first-order chi connectivity index (χ1) is 16.2. The van der Waals surface area contributed by atoms with Crippen molar-refractivity contribution in [3.63, 3.8) is 0 Å². The zero-order valence-corrected chi connectivity index (χ0v) is 21.6. The molecule has 0 unspecified atom stereocenters. The van der Waals surface area contributed by atoms with E-state index in [9.17, 15) is 16.8 Å². The highest BCUT2D eigenvalue weighted by atomic mass is 32.2. The quantitative estimate of drug-likeness (QED) is 0.568. The van der Waals surface area contributed by atoms with E-state index in [1.165, 1.54) is 0 Å². The molecule has 34 heavy (non-hydrogen) atoms. The lowest BCUT2D eigenvalue weighted by Gasteiger charge is -2.37. The Balaban J connectivity index is 1.22.